The summed E-state index contributed by atoms with van der Waals surface area (Å²) in [6.45, 7) is 5.09. The van der Waals surface area contributed by atoms with Gasteiger partial charge in [0.15, 0.2) is 0 Å². The van der Waals surface area contributed by atoms with E-state index in [0.717, 1.165) is 25.3 Å². The summed E-state index contributed by atoms with van der Waals surface area (Å²) in [4.78, 5) is 7.11. The Morgan fingerprint density at radius 1 is 1.20 bits per heavy atom. The summed E-state index contributed by atoms with van der Waals surface area (Å²) in [6.07, 6.45) is 10.9. The highest BCUT2D eigenvalue weighted by Gasteiger charge is 2.35. The van der Waals surface area contributed by atoms with Gasteiger partial charge in [-0.2, -0.15) is 0 Å². The molecular weight excluding hydrogens is 246 g/mol. The molecule has 112 valence electrons. The molecule has 20 heavy (non-hydrogen) atoms. The Morgan fingerprint density at radius 2 is 1.95 bits per heavy atom. The molecule has 3 nitrogen and oxygen atoms in total. The molecule has 0 bridgehead atoms. The lowest BCUT2D eigenvalue weighted by molar-refractivity contribution is 0.0684. The Morgan fingerprint density at radius 3 is 2.50 bits per heavy atom. The number of rotatable bonds is 6. The maximum atomic E-state index is 6.23. The van der Waals surface area contributed by atoms with Crippen LogP contribution in [0.25, 0.3) is 0 Å². The second kappa shape index (κ2) is 7.75. The second-order valence-electron chi connectivity index (χ2n) is 6.09. The van der Waals surface area contributed by atoms with Gasteiger partial charge in [0.25, 0.3) is 0 Å². The van der Waals surface area contributed by atoms with Crippen molar-refractivity contribution in [1.29, 1.82) is 0 Å². The third kappa shape index (κ3) is 3.80. The molecule has 0 saturated heterocycles. The molecule has 0 spiro atoms. The van der Waals surface area contributed by atoms with Crippen LogP contribution in [0.4, 0.5) is 0 Å². The van der Waals surface area contributed by atoms with E-state index in [1.165, 1.54) is 44.9 Å². The Hall–Kier alpha value is -0.930. The van der Waals surface area contributed by atoms with Gasteiger partial charge in [-0.3, -0.25) is 9.88 Å². The molecule has 2 N–H and O–H groups in total. The van der Waals surface area contributed by atoms with Gasteiger partial charge in [-0.15, -0.1) is 0 Å². The Bertz CT molecular complexity index is 369. The van der Waals surface area contributed by atoms with E-state index in [1.54, 1.807) is 0 Å². The fourth-order valence-corrected chi connectivity index (χ4v) is 3.48. The van der Waals surface area contributed by atoms with Crippen LogP contribution in [-0.4, -0.2) is 28.5 Å². The predicted molar refractivity (Wildman–Crippen MR) is 84.4 cm³/mol. The predicted octanol–water partition coefficient (Wildman–Crippen LogP) is 3.35. The van der Waals surface area contributed by atoms with E-state index in [4.69, 9.17) is 5.73 Å². The van der Waals surface area contributed by atoms with E-state index in [1.807, 2.05) is 12.3 Å². The summed E-state index contributed by atoms with van der Waals surface area (Å²) in [7, 11) is 0. The molecular formula is C17H29N3. The molecule has 1 fully saturated rings. The molecule has 0 atom stereocenters. The third-order valence-corrected chi connectivity index (χ3v) is 4.66. The van der Waals surface area contributed by atoms with Crippen molar-refractivity contribution in [2.45, 2.75) is 64.0 Å². The van der Waals surface area contributed by atoms with E-state index >= 15 is 0 Å². The fraction of sp³-hybridized carbons (Fsp3) is 0.706. The Kier molecular flexibility index (Phi) is 5.99. The maximum Gasteiger partial charge on any atom is 0.0544 e. The molecule has 1 aromatic rings. The van der Waals surface area contributed by atoms with Crippen molar-refractivity contribution in [1.82, 2.24) is 9.88 Å². The summed E-state index contributed by atoms with van der Waals surface area (Å²) in [5, 5.41) is 0. The van der Waals surface area contributed by atoms with Crippen LogP contribution in [0.2, 0.25) is 0 Å². The van der Waals surface area contributed by atoms with Crippen molar-refractivity contribution in [2.24, 2.45) is 5.73 Å². The quantitative estimate of drug-likeness (QED) is 0.810. The van der Waals surface area contributed by atoms with Gasteiger partial charge in [0.2, 0.25) is 0 Å². The van der Waals surface area contributed by atoms with Crippen molar-refractivity contribution in [3.8, 4) is 0 Å². The highest BCUT2D eigenvalue weighted by Crippen LogP contribution is 2.33. The van der Waals surface area contributed by atoms with Crippen LogP contribution in [0.3, 0.4) is 0 Å². The molecule has 1 saturated carbocycles. The number of nitrogens with zero attached hydrogens (tertiary/aromatic N) is 2. The van der Waals surface area contributed by atoms with Gasteiger partial charge in [0, 0.05) is 24.8 Å². The molecule has 1 aliphatic carbocycles. The zero-order valence-corrected chi connectivity index (χ0v) is 12.9. The molecule has 2 rings (SSSR count). The van der Waals surface area contributed by atoms with Crippen LogP contribution >= 0.6 is 0 Å². The van der Waals surface area contributed by atoms with Gasteiger partial charge in [-0.1, -0.05) is 38.7 Å². The number of pyridine rings is 1. The SMILES string of the molecule is CCCN(Cc1ccccn1)C1(CN)CCCCCC1. The molecule has 0 radical (unpaired) electrons. The third-order valence-electron chi connectivity index (χ3n) is 4.66. The molecule has 0 amide bonds. The van der Waals surface area contributed by atoms with Gasteiger partial charge < -0.3 is 5.73 Å². The average molecular weight is 275 g/mol. The molecule has 1 heterocycles. The number of nitrogens with two attached hydrogens (primary N) is 1. The van der Waals surface area contributed by atoms with Crippen LogP contribution < -0.4 is 5.73 Å². The summed E-state index contributed by atoms with van der Waals surface area (Å²) in [5.74, 6) is 0. The Labute approximate surface area is 123 Å². The van der Waals surface area contributed by atoms with Gasteiger partial charge in [-0.25, -0.2) is 0 Å². The first kappa shape index (κ1) is 15.5. The van der Waals surface area contributed by atoms with Crippen molar-refractivity contribution < 1.29 is 0 Å². The van der Waals surface area contributed by atoms with Crippen LogP contribution in [0.1, 0.15) is 57.6 Å². The lowest BCUT2D eigenvalue weighted by Gasteiger charge is -2.43. The lowest BCUT2D eigenvalue weighted by atomic mass is 9.87. The van der Waals surface area contributed by atoms with Crippen LogP contribution in [0.15, 0.2) is 24.4 Å². The van der Waals surface area contributed by atoms with Gasteiger partial charge in [0.05, 0.1) is 5.69 Å². The number of hydrogen-bond donors (Lipinski definition) is 1. The minimum absolute atomic E-state index is 0.198. The number of hydrogen-bond acceptors (Lipinski definition) is 3. The highest BCUT2D eigenvalue weighted by molar-refractivity contribution is 5.05. The average Bonchev–Trinajstić information content (AvgIpc) is 2.74. The summed E-state index contributed by atoms with van der Waals surface area (Å²) < 4.78 is 0. The normalized spacial score (nSPS) is 18.9. The first-order valence-corrected chi connectivity index (χ1v) is 8.16. The summed E-state index contributed by atoms with van der Waals surface area (Å²) in [6, 6.07) is 6.19. The standard InChI is InChI=1S/C17H29N3/c1-2-13-20(14-16-9-5-8-12-19-16)17(15-18)10-6-3-4-7-11-17/h5,8-9,12H,2-4,6-7,10-11,13-15,18H2,1H3. The lowest BCUT2D eigenvalue weighted by Crippen LogP contribution is -2.53. The maximum absolute atomic E-state index is 6.23. The molecule has 3 heteroatoms. The minimum Gasteiger partial charge on any atom is -0.329 e. The first-order valence-electron chi connectivity index (χ1n) is 8.16. The molecule has 0 aliphatic heterocycles. The Balaban J connectivity index is 2.15. The second-order valence-corrected chi connectivity index (χ2v) is 6.09. The monoisotopic (exact) mass is 275 g/mol. The van der Waals surface area contributed by atoms with Crippen molar-refractivity contribution in [3.63, 3.8) is 0 Å². The van der Waals surface area contributed by atoms with Crippen LogP contribution in [0.5, 0.6) is 0 Å². The van der Waals surface area contributed by atoms with E-state index in [2.05, 4.69) is 28.9 Å². The van der Waals surface area contributed by atoms with E-state index in [0.29, 0.717) is 0 Å². The molecule has 0 unspecified atom stereocenters. The molecule has 1 aliphatic rings. The zero-order valence-electron chi connectivity index (χ0n) is 12.9. The number of aromatic nitrogens is 1. The minimum atomic E-state index is 0.198. The van der Waals surface area contributed by atoms with E-state index < -0.39 is 0 Å². The zero-order chi connectivity index (χ0) is 14.3. The van der Waals surface area contributed by atoms with E-state index in [-0.39, 0.29) is 5.54 Å². The molecule has 1 aromatic heterocycles. The topological polar surface area (TPSA) is 42.2 Å². The largest absolute Gasteiger partial charge is 0.329 e. The van der Waals surface area contributed by atoms with Crippen molar-refractivity contribution >= 4 is 0 Å². The van der Waals surface area contributed by atoms with Crippen molar-refractivity contribution in [2.75, 3.05) is 13.1 Å². The van der Waals surface area contributed by atoms with Gasteiger partial charge in [-0.05, 0) is 37.9 Å². The summed E-state index contributed by atoms with van der Waals surface area (Å²) in [5.41, 5.74) is 7.59. The first-order chi connectivity index (χ1) is 9.80. The van der Waals surface area contributed by atoms with Crippen LogP contribution in [0, 0.1) is 0 Å². The highest BCUT2D eigenvalue weighted by atomic mass is 15.2. The van der Waals surface area contributed by atoms with Crippen LogP contribution in [-0.2, 0) is 6.54 Å². The van der Waals surface area contributed by atoms with Gasteiger partial charge in [0.1, 0.15) is 0 Å². The smallest absolute Gasteiger partial charge is 0.0544 e. The van der Waals surface area contributed by atoms with E-state index in [9.17, 15) is 0 Å². The summed E-state index contributed by atoms with van der Waals surface area (Å²) >= 11 is 0. The van der Waals surface area contributed by atoms with Gasteiger partial charge >= 0.3 is 0 Å². The molecule has 0 aromatic carbocycles. The van der Waals surface area contributed by atoms with Crippen molar-refractivity contribution in [3.05, 3.63) is 30.1 Å². The fourth-order valence-electron chi connectivity index (χ4n) is 3.48.